The Balaban J connectivity index is 2.17. The van der Waals surface area contributed by atoms with Gasteiger partial charge < -0.3 is 10.1 Å². The smallest absolute Gasteiger partial charge is 0.224 e. The van der Waals surface area contributed by atoms with Gasteiger partial charge in [-0.3, -0.25) is 4.98 Å². The van der Waals surface area contributed by atoms with Crippen molar-refractivity contribution in [1.29, 1.82) is 0 Å². The van der Waals surface area contributed by atoms with E-state index in [0.29, 0.717) is 11.6 Å². The second kappa shape index (κ2) is 7.01. The van der Waals surface area contributed by atoms with Crippen molar-refractivity contribution in [2.24, 2.45) is 0 Å². The van der Waals surface area contributed by atoms with Gasteiger partial charge in [-0.05, 0) is 45.0 Å². The van der Waals surface area contributed by atoms with E-state index in [0.717, 1.165) is 24.2 Å². The maximum absolute atomic E-state index is 5.85. The van der Waals surface area contributed by atoms with Crippen molar-refractivity contribution in [2.75, 3.05) is 6.54 Å². The SMILES string of the molecule is CCCNC(C)c1cccnc1Oc1ccc(C)nc1. The molecule has 0 aromatic carbocycles. The van der Waals surface area contributed by atoms with Gasteiger partial charge in [-0.1, -0.05) is 13.0 Å². The van der Waals surface area contributed by atoms with E-state index in [2.05, 4.69) is 29.1 Å². The number of pyridine rings is 2. The molecule has 0 aliphatic rings. The Bertz CT molecular complexity index is 540. The molecule has 0 amide bonds. The topological polar surface area (TPSA) is 47.0 Å². The largest absolute Gasteiger partial charge is 0.437 e. The van der Waals surface area contributed by atoms with Gasteiger partial charge in [-0.25, -0.2) is 4.98 Å². The molecule has 0 saturated carbocycles. The fraction of sp³-hybridized carbons (Fsp3) is 0.375. The summed E-state index contributed by atoms with van der Waals surface area (Å²) in [6, 6.07) is 8.01. The fourth-order valence-corrected chi connectivity index (χ4v) is 1.92. The number of hydrogen-bond donors (Lipinski definition) is 1. The van der Waals surface area contributed by atoms with Crippen LogP contribution in [0, 0.1) is 6.92 Å². The van der Waals surface area contributed by atoms with Gasteiger partial charge in [0.1, 0.15) is 5.75 Å². The van der Waals surface area contributed by atoms with E-state index in [1.165, 1.54) is 0 Å². The molecule has 0 aliphatic heterocycles. The van der Waals surface area contributed by atoms with E-state index in [1.54, 1.807) is 12.4 Å². The van der Waals surface area contributed by atoms with Crippen molar-refractivity contribution >= 4 is 0 Å². The summed E-state index contributed by atoms with van der Waals surface area (Å²) in [5, 5.41) is 3.45. The van der Waals surface area contributed by atoms with Gasteiger partial charge in [-0.2, -0.15) is 0 Å². The fourth-order valence-electron chi connectivity index (χ4n) is 1.92. The summed E-state index contributed by atoms with van der Waals surface area (Å²) in [5.74, 6) is 1.34. The minimum absolute atomic E-state index is 0.206. The zero-order chi connectivity index (χ0) is 14.4. The quantitative estimate of drug-likeness (QED) is 0.871. The van der Waals surface area contributed by atoms with Gasteiger partial charge in [0.05, 0.1) is 6.20 Å². The van der Waals surface area contributed by atoms with Gasteiger partial charge in [-0.15, -0.1) is 0 Å². The Morgan fingerprint density at radius 2 is 2.10 bits per heavy atom. The second-order valence-electron chi connectivity index (χ2n) is 4.81. The molecule has 1 N–H and O–H groups in total. The Morgan fingerprint density at radius 1 is 1.25 bits per heavy atom. The average molecular weight is 271 g/mol. The molecule has 2 heterocycles. The summed E-state index contributed by atoms with van der Waals surface area (Å²) in [7, 11) is 0. The monoisotopic (exact) mass is 271 g/mol. The van der Waals surface area contributed by atoms with Crippen LogP contribution < -0.4 is 10.1 Å². The third-order valence-corrected chi connectivity index (χ3v) is 3.07. The average Bonchev–Trinajstić information content (AvgIpc) is 2.48. The van der Waals surface area contributed by atoms with Crippen LogP contribution in [-0.4, -0.2) is 16.5 Å². The number of ether oxygens (including phenoxy) is 1. The number of rotatable bonds is 6. The zero-order valence-corrected chi connectivity index (χ0v) is 12.3. The molecule has 0 radical (unpaired) electrons. The van der Waals surface area contributed by atoms with Gasteiger partial charge in [0.25, 0.3) is 0 Å². The van der Waals surface area contributed by atoms with Crippen LogP contribution in [0.4, 0.5) is 0 Å². The summed E-state index contributed by atoms with van der Waals surface area (Å²) in [4.78, 5) is 8.57. The predicted octanol–water partition coefficient (Wildman–Crippen LogP) is 3.64. The molecule has 4 heteroatoms. The Kier molecular flexibility index (Phi) is 5.07. The van der Waals surface area contributed by atoms with Crippen LogP contribution in [0.25, 0.3) is 0 Å². The standard InChI is InChI=1S/C16H21N3O/c1-4-9-17-13(3)15-6-5-10-18-16(15)20-14-8-7-12(2)19-11-14/h5-8,10-11,13,17H,4,9H2,1-3H3. The molecule has 0 bridgehead atoms. The van der Waals surface area contributed by atoms with E-state index in [4.69, 9.17) is 4.74 Å². The third-order valence-electron chi connectivity index (χ3n) is 3.07. The Labute approximate surface area is 120 Å². The molecule has 20 heavy (non-hydrogen) atoms. The molecule has 0 saturated heterocycles. The van der Waals surface area contributed by atoms with Crippen molar-refractivity contribution in [2.45, 2.75) is 33.2 Å². The molecule has 1 atom stereocenters. The summed E-state index contributed by atoms with van der Waals surface area (Å²) in [5.41, 5.74) is 2.03. The van der Waals surface area contributed by atoms with E-state index in [-0.39, 0.29) is 6.04 Å². The van der Waals surface area contributed by atoms with Crippen LogP contribution in [-0.2, 0) is 0 Å². The minimum atomic E-state index is 0.206. The van der Waals surface area contributed by atoms with E-state index in [9.17, 15) is 0 Å². The molecular weight excluding hydrogens is 250 g/mol. The number of hydrogen-bond acceptors (Lipinski definition) is 4. The predicted molar refractivity (Wildman–Crippen MR) is 80.0 cm³/mol. The first-order valence-corrected chi connectivity index (χ1v) is 6.99. The highest BCUT2D eigenvalue weighted by molar-refractivity contribution is 5.33. The van der Waals surface area contributed by atoms with Crippen molar-refractivity contribution < 1.29 is 4.74 Å². The summed E-state index contributed by atoms with van der Waals surface area (Å²) >= 11 is 0. The first-order chi connectivity index (χ1) is 9.70. The molecule has 1 unspecified atom stereocenters. The van der Waals surface area contributed by atoms with Crippen LogP contribution >= 0.6 is 0 Å². The highest BCUT2D eigenvalue weighted by atomic mass is 16.5. The van der Waals surface area contributed by atoms with Crippen LogP contribution in [0.5, 0.6) is 11.6 Å². The first-order valence-electron chi connectivity index (χ1n) is 6.99. The van der Waals surface area contributed by atoms with Crippen LogP contribution in [0.15, 0.2) is 36.7 Å². The maximum atomic E-state index is 5.85. The highest BCUT2D eigenvalue weighted by Gasteiger charge is 2.12. The molecule has 2 aromatic rings. The van der Waals surface area contributed by atoms with Gasteiger partial charge in [0.15, 0.2) is 0 Å². The molecule has 2 rings (SSSR count). The summed E-state index contributed by atoms with van der Waals surface area (Å²) in [6.45, 7) is 7.19. The van der Waals surface area contributed by atoms with E-state index in [1.807, 2.05) is 31.2 Å². The molecule has 2 aromatic heterocycles. The Hall–Kier alpha value is -1.94. The highest BCUT2D eigenvalue weighted by Crippen LogP contribution is 2.26. The van der Waals surface area contributed by atoms with Crippen LogP contribution in [0.3, 0.4) is 0 Å². The molecule has 4 nitrogen and oxygen atoms in total. The Morgan fingerprint density at radius 3 is 2.80 bits per heavy atom. The van der Waals surface area contributed by atoms with Crippen molar-refractivity contribution in [3.63, 3.8) is 0 Å². The lowest BCUT2D eigenvalue weighted by molar-refractivity contribution is 0.440. The molecule has 106 valence electrons. The lowest BCUT2D eigenvalue weighted by Gasteiger charge is -2.16. The van der Waals surface area contributed by atoms with E-state index < -0.39 is 0 Å². The minimum Gasteiger partial charge on any atom is -0.437 e. The van der Waals surface area contributed by atoms with E-state index >= 15 is 0 Å². The molecule has 0 fully saturated rings. The summed E-state index contributed by atoms with van der Waals surface area (Å²) < 4.78 is 5.85. The van der Waals surface area contributed by atoms with Gasteiger partial charge in [0.2, 0.25) is 5.88 Å². The normalized spacial score (nSPS) is 12.2. The number of nitrogens with one attached hydrogen (secondary N) is 1. The number of aromatic nitrogens is 2. The van der Waals surface area contributed by atoms with Gasteiger partial charge in [0, 0.05) is 23.5 Å². The lowest BCUT2D eigenvalue weighted by Crippen LogP contribution is -2.20. The molecular formula is C16H21N3O. The lowest BCUT2D eigenvalue weighted by atomic mass is 10.1. The first kappa shape index (κ1) is 14.5. The summed E-state index contributed by atoms with van der Waals surface area (Å²) in [6.07, 6.45) is 4.56. The van der Waals surface area contributed by atoms with Crippen LogP contribution in [0.1, 0.15) is 37.6 Å². The molecule has 0 aliphatic carbocycles. The number of aryl methyl sites for hydroxylation is 1. The molecule has 0 spiro atoms. The van der Waals surface area contributed by atoms with Crippen molar-refractivity contribution in [1.82, 2.24) is 15.3 Å². The van der Waals surface area contributed by atoms with Crippen molar-refractivity contribution in [3.8, 4) is 11.6 Å². The third kappa shape index (κ3) is 3.78. The zero-order valence-electron chi connectivity index (χ0n) is 12.3. The second-order valence-corrected chi connectivity index (χ2v) is 4.81. The van der Waals surface area contributed by atoms with Crippen molar-refractivity contribution in [3.05, 3.63) is 47.9 Å². The van der Waals surface area contributed by atoms with Crippen LogP contribution in [0.2, 0.25) is 0 Å². The van der Waals surface area contributed by atoms with Gasteiger partial charge >= 0.3 is 0 Å². The number of nitrogens with zero attached hydrogens (tertiary/aromatic N) is 2. The maximum Gasteiger partial charge on any atom is 0.224 e.